The summed E-state index contributed by atoms with van der Waals surface area (Å²) in [4.78, 5) is 38.7. The topological polar surface area (TPSA) is 124 Å². The lowest BCUT2D eigenvalue weighted by molar-refractivity contribution is -0.193. The van der Waals surface area contributed by atoms with Crippen molar-refractivity contribution in [2.75, 3.05) is 6.54 Å². The lowest BCUT2D eigenvalue weighted by atomic mass is 10.1. The summed E-state index contributed by atoms with van der Waals surface area (Å²) < 4.78 is 68.6. The Labute approximate surface area is 199 Å². The molecule has 4 rings (SSSR count). The van der Waals surface area contributed by atoms with Gasteiger partial charge in [-0.15, -0.1) is 0 Å². The van der Waals surface area contributed by atoms with Crippen LogP contribution < -0.4 is 0 Å². The molecule has 15 heteroatoms. The lowest BCUT2D eigenvalue weighted by Gasteiger charge is -2.25. The van der Waals surface area contributed by atoms with Crippen molar-refractivity contribution in [3.63, 3.8) is 0 Å². The van der Waals surface area contributed by atoms with Gasteiger partial charge in [0.25, 0.3) is 0 Å². The maximum absolute atomic E-state index is 12.4. The van der Waals surface area contributed by atoms with Crippen LogP contribution in [0.2, 0.25) is 0 Å². The SMILES string of the molecule is O=C(O)C(F)(F)F.O=C(O)C(F)(F)F.O=C1C[C@@H]2[C@H](CCN2Cc2ccoc2)N1Cc1ccncc1. The van der Waals surface area contributed by atoms with Gasteiger partial charge in [-0.2, -0.15) is 26.3 Å². The van der Waals surface area contributed by atoms with E-state index >= 15 is 0 Å². The molecule has 2 aliphatic rings. The third-order valence-corrected chi connectivity index (χ3v) is 5.28. The van der Waals surface area contributed by atoms with Crippen molar-refractivity contribution in [3.05, 3.63) is 54.2 Å². The molecule has 0 aliphatic carbocycles. The summed E-state index contributed by atoms with van der Waals surface area (Å²) in [7, 11) is 0. The number of carbonyl (C=O) groups is 3. The summed E-state index contributed by atoms with van der Waals surface area (Å²) in [5, 5.41) is 14.2. The number of hydrogen-bond donors (Lipinski definition) is 2. The first-order valence-corrected chi connectivity index (χ1v) is 10.2. The average molecular weight is 525 g/mol. The minimum Gasteiger partial charge on any atom is -0.475 e. The fourth-order valence-corrected chi connectivity index (χ4v) is 3.71. The Bertz CT molecular complexity index is 989. The number of halogens is 6. The molecule has 0 aromatic carbocycles. The number of carboxylic acids is 2. The van der Waals surface area contributed by atoms with E-state index in [1.165, 1.54) is 5.56 Å². The maximum atomic E-state index is 12.4. The first-order valence-electron chi connectivity index (χ1n) is 10.2. The number of alkyl halides is 6. The zero-order valence-corrected chi connectivity index (χ0v) is 18.4. The molecule has 1 amide bonds. The van der Waals surface area contributed by atoms with Gasteiger partial charge in [0.1, 0.15) is 0 Å². The molecule has 2 aromatic heterocycles. The monoisotopic (exact) mass is 525 g/mol. The molecule has 2 fully saturated rings. The van der Waals surface area contributed by atoms with E-state index < -0.39 is 24.3 Å². The molecule has 0 bridgehead atoms. The molecule has 198 valence electrons. The van der Waals surface area contributed by atoms with Crippen molar-refractivity contribution >= 4 is 17.8 Å². The first kappa shape index (κ1) is 28.6. The molecule has 2 aromatic rings. The van der Waals surface area contributed by atoms with Gasteiger partial charge in [0.15, 0.2) is 0 Å². The van der Waals surface area contributed by atoms with Gasteiger partial charge in [-0.3, -0.25) is 14.7 Å². The lowest BCUT2D eigenvalue weighted by Crippen LogP contribution is -2.36. The van der Waals surface area contributed by atoms with Crippen LogP contribution in [0.1, 0.15) is 24.0 Å². The molecule has 0 unspecified atom stereocenters. The number of carbonyl (C=O) groups excluding carboxylic acids is 1. The molecule has 0 spiro atoms. The van der Waals surface area contributed by atoms with Crippen LogP contribution in [0.25, 0.3) is 0 Å². The Morgan fingerprint density at radius 3 is 1.97 bits per heavy atom. The van der Waals surface area contributed by atoms with Crippen molar-refractivity contribution in [3.8, 4) is 0 Å². The summed E-state index contributed by atoms with van der Waals surface area (Å²) in [6.45, 7) is 2.61. The zero-order chi connectivity index (χ0) is 27.1. The second-order valence-electron chi connectivity index (χ2n) is 7.71. The fourth-order valence-electron chi connectivity index (χ4n) is 3.71. The van der Waals surface area contributed by atoms with Crippen molar-refractivity contribution in [2.45, 2.75) is 50.4 Å². The number of likely N-dealkylation sites (tertiary alicyclic amines) is 2. The largest absolute Gasteiger partial charge is 0.490 e. The van der Waals surface area contributed by atoms with Gasteiger partial charge in [0.2, 0.25) is 5.91 Å². The third-order valence-electron chi connectivity index (χ3n) is 5.28. The highest BCUT2D eigenvalue weighted by Gasteiger charge is 2.46. The van der Waals surface area contributed by atoms with Crippen LogP contribution >= 0.6 is 0 Å². The van der Waals surface area contributed by atoms with Crippen LogP contribution in [0, 0.1) is 0 Å². The van der Waals surface area contributed by atoms with Gasteiger partial charge in [-0.1, -0.05) is 0 Å². The summed E-state index contributed by atoms with van der Waals surface area (Å²) in [5.74, 6) is -5.25. The van der Waals surface area contributed by atoms with Gasteiger partial charge >= 0.3 is 24.3 Å². The van der Waals surface area contributed by atoms with Crippen molar-refractivity contribution < 1.29 is 55.4 Å². The minimum absolute atomic E-state index is 0.267. The molecule has 2 aliphatic heterocycles. The number of furan rings is 1. The van der Waals surface area contributed by atoms with Gasteiger partial charge < -0.3 is 19.5 Å². The van der Waals surface area contributed by atoms with E-state index in [0.717, 1.165) is 25.1 Å². The highest BCUT2D eigenvalue weighted by atomic mass is 19.4. The van der Waals surface area contributed by atoms with Gasteiger partial charge in [-0.05, 0) is 30.2 Å². The quantitative estimate of drug-likeness (QED) is 0.583. The second kappa shape index (κ2) is 11.9. The molecule has 0 saturated carbocycles. The number of amides is 1. The number of pyridine rings is 1. The van der Waals surface area contributed by atoms with Gasteiger partial charge in [-0.25, -0.2) is 9.59 Å². The van der Waals surface area contributed by atoms with Gasteiger partial charge in [0.05, 0.1) is 12.5 Å². The maximum Gasteiger partial charge on any atom is 0.490 e. The number of nitrogens with zero attached hydrogens (tertiary/aromatic N) is 3. The summed E-state index contributed by atoms with van der Waals surface area (Å²) in [6.07, 6.45) is -1.41. The van der Waals surface area contributed by atoms with Crippen molar-refractivity contribution in [2.24, 2.45) is 0 Å². The number of rotatable bonds is 4. The molecule has 0 radical (unpaired) electrons. The molecule has 4 heterocycles. The number of aromatic nitrogens is 1. The Hall–Kier alpha value is -3.62. The Morgan fingerprint density at radius 1 is 0.944 bits per heavy atom. The first-order chi connectivity index (χ1) is 16.7. The Kier molecular flexibility index (Phi) is 9.44. The van der Waals surface area contributed by atoms with E-state index in [4.69, 9.17) is 24.2 Å². The van der Waals surface area contributed by atoms with E-state index in [2.05, 4.69) is 14.8 Å². The molecule has 36 heavy (non-hydrogen) atoms. The number of aliphatic carboxylic acids is 2. The van der Waals surface area contributed by atoms with Crippen LogP contribution in [-0.4, -0.2) is 73.8 Å². The minimum atomic E-state index is -5.08. The normalized spacial score (nSPS) is 19.6. The van der Waals surface area contributed by atoms with E-state index in [1.807, 2.05) is 18.2 Å². The molecule has 2 saturated heterocycles. The van der Waals surface area contributed by atoms with Crippen LogP contribution in [0.3, 0.4) is 0 Å². The molecule has 2 N–H and O–H groups in total. The fraction of sp³-hybridized carbons (Fsp3) is 0.429. The van der Waals surface area contributed by atoms with Crippen LogP contribution in [0.5, 0.6) is 0 Å². The van der Waals surface area contributed by atoms with E-state index in [-0.39, 0.29) is 5.91 Å². The molecule has 9 nitrogen and oxygen atoms in total. The van der Waals surface area contributed by atoms with E-state index in [9.17, 15) is 31.1 Å². The summed E-state index contributed by atoms with van der Waals surface area (Å²) in [5.41, 5.74) is 2.33. The van der Waals surface area contributed by atoms with Crippen LogP contribution in [0.4, 0.5) is 26.3 Å². The number of hydrogen-bond acceptors (Lipinski definition) is 6. The smallest absolute Gasteiger partial charge is 0.475 e. The Morgan fingerprint density at radius 2 is 1.50 bits per heavy atom. The molecular formula is C21H21F6N3O6. The Balaban J connectivity index is 0.000000271. The van der Waals surface area contributed by atoms with Crippen LogP contribution in [0.15, 0.2) is 47.5 Å². The number of carboxylic acid groups (broad SMARTS) is 2. The van der Waals surface area contributed by atoms with Gasteiger partial charge in [0, 0.05) is 56.1 Å². The highest BCUT2D eigenvalue weighted by molar-refractivity contribution is 5.80. The zero-order valence-electron chi connectivity index (χ0n) is 18.4. The van der Waals surface area contributed by atoms with E-state index in [1.54, 1.807) is 24.9 Å². The average Bonchev–Trinajstić information content (AvgIpc) is 3.49. The summed E-state index contributed by atoms with van der Waals surface area (Å²) in [6, 6.07) is 6.65. The van der Waals surface area contributed by atoms with Crippen molar-refractivity contribution in [1.82, 2.24) is 14.8 Å². The highest BCUT2D eigenvalue weighted by Crippen LogP contribution is 2.34. The van der Waals surface area contributed by atoms with Crippen LogP contribution in [-0.2, 0) is 27.5 Å². The summed E-state index contributed by atoms with van der Waals surface area (Å²) >= 11 is 0. The third kappa shape index (κ3) is 8.25. The standard InChI is InChI=1S/C17H19N3O2.2C2HF3O2/c21-17-9-16-15(20(17)11-13-1-5-18-6-2-13)3-7-19(16)10-14-4-8-22-12-14;2*3-2(4,5)1(6)7/h1-2,4-6,8,12,15-16H,3,7,9-11H2;2*(H,6,7)/t15-,16+;;/m0../s1. The molecular weight excluding hydrogens is 504 g/mol. The van der Waals surface area contributed by atoms with Crippen molar-refractivity contribution in [1.29, 1.82) is 0 Å². The number of fused-ring (bicyclic) bond motifs is 1. The molecule has 2 atom stereocenters. The predicted molar refractivity (Wildman–Crippen MR) is 108 cm³/mol. The second-order valence-corrected chi connectivity index (χ2v) is 7.71. The van der Waals surface area contributed by atoms with E-state index in [0.29, 0.717) is 25.0 Å². The predicted octanol–water partition coefficient (Wildman–Crippen LogP) is 3.32.